The summed E-state index contributed by atoms with van der Waals surface area (Å²) >= 11 is 0. The van der Waals surface area contributed by atoms with Crippen molar-refractivity contribution in [2.75, 3.05) is 23.8 Å². The Kier molecular flexibility index (Phi) is 4.72. The quantitative estimate of drug-likeness (QED) is 0.641. The van der Waals surface area contributed by atoms with Crippen molar-refractivity contribution in [2.45, 2.75) is 13.8 Å². The number of carbonyl (C=O) groups is 1. The molecule has 1 rings (SSSR count). The number of sulfone groups is 1. The number of nitrogens with two attached hydrogens (primary N) is 1. The number of esters is 1. The molecule has 0 heterocycles. The lowest BCUT2D eigenvalue weighted by atomic mass is 10.1. The summed E-state index contributed by atoms with van der Waals surface area (Å²) in [6.45, 7) is 3.25. The van der Waals surface area contributed by atoms with Gasteiger partial charge in [-0.25, -0.2) is 13.2 Å². The van der Waals surface area contributed by atoms with Crippen LogP contribution < -0.4 is 5.73 Å². The van der Waals surface area contributed by atoms with Gasteiger partial charge < -0.3 is 10.5 Å². The van der Waals surface area contributed by atoms with E-state index in [2.05, 4.69) is 0 Å². The Hall–Kier alpha value is -1.56. The zero-order valence-electron chi connectivity index (χ0n) is 10.5. The molecule has 0 fully saturated rings. The van der Waals surface area contributed by atoms with Crippen molar-refractivity contribution in [3.8, 4) is 0 Å². The van der Waals surface area contributed by atoms with Gasteiger partial charge in [-0.3, -0.25) is 0 Å². The molecule has 0 atom stereocenters. The molecular formula is C12H17NO4S. The van der Waals surface area contributed by atoms with Crippen molar-refractivity contribution in [3.63, 3.8) is 0 Å². The molecule has 0 aliphatic rings. The molecule has 0 aliphatic carbocycles. The normalized spacial score (nSPS) is 11.2. The van der Waals surface area contributed by atoms with Crippen LogP contribution in [0, 0.1) is 6.92 Å². The third-order valence-electron chi connectivity index (χ3n) is 2.58. The minimum absolute atomic E-state index is 0.0437. The molecule has 0 spiro atoms. The van der Waals surface area contributed by atoms with Crippen LogP contribution in [0.5, 0.6) is 0 Å². The summed E-state index contributed by atoms with van der Waals surface area (Å²) in [5, 5.41) is 0. The highest BCUT2D eigenvalue weighted by molar-refractivity contribution is 7.91. The minimum atomic E-state index is -3.11. The number of anilines is 1. The zero-order valence-corrected chi connectivity index (χ0v) is 11.3. The predicted octanol–water partition coefficient (Wildman–Crippen LogP) is 1.17. The second-order valence-electron chi connectivity index (χ2n) is 3.94. The second-order valence-corrected chi connectivity index (χ2v) is 6.42. The van der Waals surface area contributed by atoms with Crippen molar-refractivity contribution < 1.29 is 17.9 Å². The maximum Gasteiger partial charge on any atom is 0.338 e. The lowest BCUT2D eigenvalue weighted by molar-refractivity contribution is 0.0529. The first-order valence-corrected chi connectivity index (χ1v) is 7.41. The molecule has 0 radical (unpaired) electrons. The molecule has 0 aliphatic heterocycles. The van der Waals surface area contributed by atoms with Gasteiger partial charge in [-0.2, -0.15) is 0 Å². The summed E-state index contributed by atoms with van der Waals surface area (Å²) < 4.78 is 27.3. The van der Waals surface area contributed by atoms with Crippen molar-refractivity contribution >= 4 is 21.5 Å². The molecule has 1 aromatic rings. The summed E-state index contributed by atoms with van der Waals surface area (Å²) in [7, 11) is -3.11. The molecule has 100 valence electrons. The van der Waals surface area contributed by atoms with Crippen LogP contribution in [0.2, 0.25) is 0 Å². The molecule has 0 saturated carbocycles. The van der Waals surface area contributed by atoms with Crippen molar-refractivity contribution in [2.24, 2.45) is 0 Å². The van der Waals surface area contributed by atoms with Gasteiger partial charge >= 0.3 is 5.97 Å². The molecule has 0 unspecified atom stereocenters. The van der Waals surface area contributed by atoms with Crippen molar-refractivity contribution in [1.82, 2.24) is 0 Å². The van der Waals surface area contributed by atoms with E-state index in [1.54, 1.807) is 19.1 Å². The van der Waals surface area contributed by atoms with Gasteiger partial charge in [0.05, 0.1) is 11.3 Å². The summed E-state index contributed by atoms with van der Waals surface area (Å²) in [4.78, 5) is 11.6. The SMILES string of the molecule is CCS(=O)(=O)CCOC(=O)c1ccc(C)c(N)c1. The van der Waals surface area contributed by atoms with Crippen LogP contribution >= 0.6 is 0 Å². The van der Waals surface area contributed by atoms with E-state index in [9.17, 15) is 13.2 Å². The van der Waals surface area contributed by atoms with Crippen LogP contribution in [0.3, 0.4) is 0 Å². The van der Waals surface area contributed by atoms with Gasteiger partial charge in [-0.1, -0.05) is 13.0 Å². The summed E-state index contributed by atoms with van der Waals surface area (Å²) in [6.07, 6.45) is 0. The predicted molar refractivity (Wildman–Crippen MR) is 70.2 cm³/mol. The first-order valence-electron chi connectivity index (χ1n) is 5.59. The third-order valence-corrected chi connectivity index (χ3v) is 4.25. The smallest absolute Gasteiger partial charge is 0.338 e. The summed E-state index contributed by atoms with van der Waals surface area (Å²) in [5.41, 5.74) is 7.38. The van der Waals surface area contributed by atoms with E-state index in [-0.39, 0.29) is 18.1 Å². The molecule has 0 aromatic heterocycles. The van der Waals surface area contributed by atoms with Gasteiger partial charge in [-0.15, -0.1) is 0 Å². The standard InChI is InChI=1S/C12H17NO4S/c1-3-18(15,16)7-6-17-12(14)10-5-4-9(2)11(13)8-10/h4-5,8H,3,6-7,13H2,1-2H3. The van der Waals surface area contributed by atoms with E-state index in [0.717, 1.165) is 5.56 Å². The molecule has 0 bridgehead atoms. The van der Waals surface area contributed by atoms with Crippen LogP contribution in [-0.2, 0) is 14.6 Å². The van der Waals surface area contributed by atoms with E-state index in [4.69, 9.17) is 10.5 Å². The maximum atomic E-state index is 11.6. The molecular weight excluding hydrogens is 254 g/mol. The van der Waals surface area contributed by atoms with Crippen LogP contribution in [-0.4, -0.2) is 32.5 Å². The van der Waals surface area contributed by atoms with E-state index in [1.807, 2.05) is 6.92 Å². The van der Waals surface area contributed by atoms with E-state index < -0.39 is 15.8 Å². The Bertz CT molecular complexity index is 537. The lowest BCUT2D eigenvalue weighted by Crippen LogP contribution is -2.17. The fraction of sp³-hybridized carbons (Fsp3) is 0.417. The van der Waals surface area contributed by atoms with Gasteiger partial charge in [0.1, 0.15) is 6.61 Å². The minimum Gasteiger partial charge on any atom is -0.461 e. The van der Waals surface area contributed by atoms with Crippen molar-refractivity contribution in [3.05, 3.63) is 29.3 Å². The Morgan fingerprint density at radius 1 is 1.39 bits per heavy atom. The molecule has 0 amide bonds. The number of benzene rings is 1. The average molecular weight is 271 g/mol. The van der Waals surface area contributed by atoms with Gasteiger partial charge in [0, 0.05) is 11.4 Å². The summed E-state index contributed by atoms with van der Waals surface area (Å²) in [5.74, 6) is -0.675. The first kappa shape index (κ1) is 14.5. The molecule has 6 heteroatoms. The maximum absolute atomic E-state index is 11.6. The molecule has 18 heavy (non-hydrogen) atoms. The Morgan fingerprint density at radius 2 is 2.06 bits per heavy atom. The van der Waals surface area contributed by atoms with Crippen LogP contribution in [0.25, 0.3) is 0 Å². The number of hydrogen-bond donors (Lipinski definition) is 1. The summed E-state index contributed by atoms with van der Waals surface area (Å²) in [6, 6.07) is 4.84. The largest absolute Gasteiger partial charge is 0.461 e. The molecule has 5 nitrogen and oxygen atoms in total. The van der Waals surface area contributed by atoms with Crippen LogP contribution in [0.15, 0.2) is 18.2 Å². The van der Waals surface area contributed by atoms with Crippen LogP contribution in [0.4, 0.5) is 5.69 Å². The van der Waals surface area contributed by atoms with Crippen LogP contribution in [0.1, 0.15) is 22.8 Å². The monoisotopic (exact) mass is 271 g/mol. The second kappa shape index (κ2) is 5.86. The number of rotatable bonds is 5. The number of nitrogen functional groups attached to an aromatic ring is 1. The fourth-order valence-electron chi connectivity index (χ4n) is 1.26. The van der Waals surface area contributed by atoms with Gasteiger partial charge in [0.25, 0.3) is 0 Å². The highest BCUT2D eigenvalue weighted by Crippen LogP contribution is 2.13. The lowest BCUT2D eigenvalue weighted by Gasteiger charge is -2.06. The third kappa shape index (κ3) is 4.03. The number of ether oxygens (including phenoxy) is 1. The Balaban J connectivity index is 2.58. The zero-order chi connectivity index (χ0) is 13.8. The number of aryl methyl sites for hydroxylation is 1. The topological polar surface area (TPSA) is 86.5 Å². The van der Waals surface area contributed by atoms with Gasteiger partial charge in [0.2, 0.25) is 0 Å². The molecule has 0 saturated heterocycles. The first-order chi connectivity index (χ1) is 8.35. The highest BCUT2D eigenvalue weighted by Gasteiger charge is 2.11. The molecule has 2 N–H and O–H groups in total. The van der Waals surface area contributed by atoms with E-state index >= 15 is 0 Å². The fourth-order valence-corrected chi connectivity index (χ4v) is 1.88. The van der Waals surface area contributed by atoms with E-state index in [0.29, 0.717) is 11.3 Å². The van der Waals surface area contributed by atoms with Crippen molar-refractivity contribution in [1.29, 1.82) is 0 Å². The highest BCUT2D eigenvalue weighted by atomic mass is 32.2. The average Bonchev–Trinajstić information content (AvgIpc) is 2.32. The molecule has 1 aromatic carbocycles. The number of hydrogen-bond acceptors (Lipinski definition) is 5. The van der Waals surface area contributed by atoms with Gasteiger partial charge in [-0.05, 0) is 24.6 Å². The number of carbonyl (C=O) groups excluding carboxylic acids is 1. The Labute approximate surface area is 107 Å². The van der Waals surface area contributed by atoms with Gasteiger partial charge in [0.15, 0.2) is 9.84 Å². The Morgan fingerprint density at radius 3 is 2.61 bits per heavy atom. The van der Waals surface area contributed by atoms with E-state index in [1.165, 1.54) is 6.07 Å².